The maximum atomic E-state index is 12.4. The van der Waals surface area contributed by atoms with Gasteiger partial charge < -0.3 is 5.73 Å². The molecule has 0 aliphatic rings. The van der Waals surface area contributed by atoms with Crippen LogP contribution in [-0.2, 0) is 0 Å². The molecular formula is C19H15Cl2NOS. The second kappa shape index (κ2) is 8.25. The van der Waals surface area contributed by atoms with E-state index in [2.05, 4.69) is 0 Å². The zero-order valence-corrected chi connectivity index (χ0v) is 15.0. The van der Waals surface area contributed by atoms with Gasteiger partial charge in [0.1, 0.15) is 0 Å². The Morgan fingerprint density at radius 3 is 1.67 bits per heavy atom. The van der Waals surface area contributed by atoms with E-state index in [-0.39, 0.29) is 18.2 Å². The molecular weight excluding hydrogens is 361 g/mol. The molecule has 0 atom stereocenters. The van der Waals surface area contributed by atoms with E-state index in [1.807, 2.05) is 48.5 Å². The van der Waals surface area contributed by atoms with Gasteiger partial charge in [-0.3, -0.25) is 4.79 Å². The lowest BCUT2D eigenvalue weighted by molar-refractivity contribution is 0.103. The molecule has 0 saturated heterocycles. The Hall–Kier alpha value is -1.94. The van der Waals surface area contributed by atoms with Crippen LogP contribution in [0, 0.1) is 0 Å². The van der Waals surface area contributed by atoms with Gasteiger partial charge >= 0.3 is 0 Å². The number of halogens is 2. The zero-order chi connectivity index (χ0) is 16.2. The highest BCUT2D eigenvalue weighted by Crippen LogP contribution is 2.28. The predicted octanol–water partition coefficient (Wildman–Crippen LogP) is 5.73. The smallest absolute Gasteiger partial charge is 0.193 e. The summed E-state index contributed by atoms with van der Waals surface area (Å²) in [4.78, 5) is 14.6. The van der Waals surface area contributed by atoms with Crippen LogP contribution in [0.1, 0.15) is 15.9 Å². The first-order valence-electron chi connectivity index (χ1n) is 7.05. The molecule has 0 heterocycles. The van der Waals surface area contributed by atoms with Gasteiger partial charge in [0.05, 0.1) is 0 Å². The topological polar surface area (TPSA) is 43.1 Å². The minimum atomic E-state index is -0.00861. The van der Waals surface area contributed by atoms with Crippen molar-refractivity contribution in [3.8, 4) is 0 Å². The van der Waals surface area contributed by atoms with Gasteiger partial charge in [0.15, 0.2) is 5.78 Å². The molecule has 0 amide bonds. The Morgan fingerprint density at radius 1 is 0.750 bits per heavy atom. The summed E-state index contributed by atoms with van der Waals surface area (Å²) in [5.41, 5.74) is 7.72. The molecule has 3 aromatic carbocycles. The number of nitrogen functional groups attached to an aromatic ring is 1. The highest BCUT2D eigenvalue weighted by Gasteiger charge is 2.09. The summed E-state index contributed by atoms with van der Waals surface area (Å²) in [5.74, 6) is -0.00861. The highest BCUT2D eigenvalue weighted by molar-refractivity contribution is 7.99. The van der Waals surface area contributed by atoms with Gasteiger partial charge in [-0.1, -0.05) is 23.4 Å². The Morgan fingerprint density at radius 2 is 1.17 bits per heavy atom. The van der Waals surface area contributed by atoms with E-state index in [0.717, 1.165) is 15.5 Å². The van der Waals surface area contributed by atoms with E-state index in [4.69, 9.17) is 17.3 Å². The quantitative estimate of drug-likeness (QED) is 0.467. The van der Waals surface area contributed by atoms with Crippen molar-refractivity contribution >= 4 is 47.2 Å². The number of hydrogen-bond donors (Lipinski definition) is 1. The molecule has 0 spiro atoms. The molecule has 122 valence electrons. The summed E-state index contributed by atoms with van der Waals surface area (Å²) >= 11 is 7.48. The molecule has 0 radical (unpaired) electrons. The fourth-order valence-electron chi connectivity index (χ4n) is 2.11. The molecule has 0 aliphatic carbocycles. The fraction of sp³-hybridized carbons (Fsp3) is 0. The number of anilines is 1. The normalized spacial score (nSPS) is 10.0. The second-order valence-corrected chi connectivity index (χ2v) is 6.61. The van der Waals surface area contributed by atoms with E-state index in [9.17, 15) is 4.79 Å². The molecule has 5 heteroatoms. The van der Waals surface area contributed by atoms with Gasteiger partial charge in [-0.05, 0) is 72.8 Å². The Balaban J connectivity index is 0.00000208. The number of nitrogens with two attached hydrogens (primary N) is 1. The number of carbonyl (C=O) groups excluding carboxylic acids is 1. The minimum Gasteiger partial charge on any atom is -0.399 e. The molecule has 0 saturated carbocycles. The van der Waals surface area contributed by atoms with E-state index in [0.29, 0.717) is 16.1 Å². The lowest BCUT2D eigenvalue weighted by Gasteiger charge is -2.05. The van der Waals surface area contributed by atoms with Gasteiger partial charge in [0.25, 0.3) is 0 Å². The SMILES string of the molecule is Cl.Nc1ccc(Sc2ccc(C(=O)c3ccc(Cl)cc3)cc2)cc1. The first kappa shape index (κ1) is 18.4. The third-order valence-electron chi connectivity index (χ3n) is 3.34. The maximum Gasteiger partial charge on any atom is 0.193 e. The molecule has 0 unspecified atom stereocenters. The highest BCUT2D eigenvalue weighted by atomic mass is 35.5. The largest absolute Gasteiger partial charge is 0.399 e. The molecule has 0 aromatic heterocycles. The van der Waals surface area contributed by atoms with Crippen LogP contribution in [0.5, 0.6) is 0 Å². The van der Waals surface area contributed by atoms with Gasteiger partial charge in [0, 0.05) is 31.6 Å². The number of ketones is 1. The number of hydrogen-bond acceptors (Lipinski definition) is 3. The number of carbonyl (C=O) groups is 1. The van der Waals surface area contributed by atoms with Crippen LogP contribution in [0.15, 0.2) is 82.6 Å². The summed E-state index contributed by atoms with van der Waals surface area (Å²) < 4.78 is 0. The monoisotopic (exact) mass is 375 g/mol. The van der Waals surface area contributed by atoms with E-state index >= 15 is 0 Å². The van der Waals surface area contributed by atoms with Gasteiger partial charge in [0.2, 0.25) is 0 Å². The van der Waals surface area contributed by atoms with Crippen LogP contribution in [0.4, 0.5) is 5.69 Å². The van der Waals surface area contributed by atoms with E-state index < -0.39 is 0 Å². The van der Waals surface area contributed by atoms with Crippen molar-refractivity contribution in [3.63, 3.8) is 0 Å². The third kappa shape index (κ3) is 4.54. The molecule has 2 N–H and O–H groups in total. The first-order chi connectivity index (χ1) is 11.1. The molecule has 0 aliphatic heterocycles. The van der Waals surface area contributed by atoms with Crippen LogP contribution in [0.3, 0.4) is 0 Å². The van der Waals surface area contributed by atoms with Crippen molar-refractivity contribution < 1.29 is 4.79 Å². The average molecular weight is 376 g/mol. The summed E-state index contributed by atoms with van der Waals surface area (Å²) in [6, 6.07) is 22.2. The average Bonchev–Trinajstić information content (AvgIpc) is 2.58. The summed E-state index contributed by atoms with van der Waals surface area (Å²) in [5, 5.41) is 0.622. The summed E-state index contributed by atoms with van der Waals surface area (Å²) in [7, 11) is 0. The van der Waals surface area contributed by atoms with Crippen molar-refractivity contribution in [2.75, 3.05) is 5.73 Å². The van der Waals surface area contributed by atoms with E-state index in [1.54, 1.807) is 36.0 Å². The van der Waals surface area contributed by atoms with Crippen molar-refractivity contribution in [2.45, 2.75) is 9.79 Å². The molecule has 24 heavy (non-hydrogen) atoms. The van der Waals surface area contributed by atoms with Crippen LogP contribution in [-0.4, -0.2) is 5.78 Å². The van der Waals surface area contributed by atoms with Crippen molar-refractivity contribution in [1.29, 1.82) is 0 Å². The Labute approximate surface area is 156 Å². The standard InChI is InChI=1S/C19H14ClNOS.ClH/c20-15-5-1-13(2-6-15)19(22)14-3-9-17(10-4-14)23-18-11-7-16(21)8-12-18;/h1-12H,21H2;1H. The summed E-state index contributed by atoms with van der Waals surface area (Å²) in [6.45, 7) is 0. The number of benzene rings is 3. The Bertz CT molecular complexity index is 815. The van der Waals surface area contributed by atoms with Crippen LogP contribution in [0.2, 0.25) is 5.02 Å². The third-order valence-corrected chi connectivity index (χ3v) is 4.61. The van der Waals surface area contributed by atoms with Crippen molar-refractivity contribution in [2.24, 2.45) is 0 Å². The first-order valence-corrected chi connectivity index (χ1v) is 8.25. The van der Waals surface area contributed by atoms with Crippen LogP contribution >= 0.6 is 35.8 Å². The molecule has 2 nitrogen and oxygen atoms in total. The van der Waals surface area contributed by atoms with Gasteiger partial charge in [-0.2, -0.15) is 0 Å². The molecule has 0 bridgehead atoms. The predicted molar refractivity (Wildman–Crippen MR) is 104 cm³/mol. The van der Waals surface area contributed by atoms with Gasteiger partial charge in [-0.15, -0.1) is 12.4 Å². The Kier molecular flexibility index (Phi) is 6.32. The lowest BCUT2D eigenvalue weighted by Crippen LogP contribution is -2.00. The maximum absolute atomic E-state index is 12.4. The lowest BCUT2D eigenvalue weighted by atomic mass is 10.0. The van der Waals surface area contributed by atoms with Crippen LogP contribution in [0.25, 0.3) is 0 Å². The minimum absolute atomic E-state index is 0. The van der Waals surface area contributed by atoms with E-state index in [1.165, 1.54) is 0 Å². The molecule has 3 rings (SSSR count). The fourth-order valence-corrected chi connectivity index (χ4v) is 3.06. The molecule has 3 aromatic rings. The number of rotatable bonds is 4. The van der Waals surface area contributed by atoms with Crippen molar-refractivity contribution in [1.82, 2.24) is 0 Å². The van der Waals surface area contributed by atoms with Gasteiger partial charge in [-0.25, -0.2) is 0 Å². The second-order valence-electron chi connectivity index (χ2n) is 5.03. The van der Waals surface area contributed by atoms with Crippen molar-refractivity contribution in [3.05, 3.63) is 88.9 Å². The summed E-state index contributed by atoms with van der Waals surface area (Å²) in [6.07, 6.45) is 0. The zero-order valence-electron chi connectivity index (χ0n) is 12.6. The molecule has 0 fully saturated rings. The van der Waals surface area contributed by atoms with Crippen LogP contribution < -0.4 is 5.73 Å².